The van der Waals surface area contributed by atoms with E-state index in [4.69, 9.17) is 9.47 Å². The second kappa shape index (κ2) is 11.0. The van der Waals surface area contributed by atoms with Crippen molar-refractivity contribution < 1.29 is 22.6 Å². The van der Waals surface area contributed by atoms with Gasteiger partial charge in [0.2, 0.25) is 0 Å². The van der Waals surface area contributed by atoms with E-state index in [1.54, 1.807) is 37.1 Å². The third kappa shape index (κ3) is 5.59. The van der Waals surface area contributed by atoms with Crippen LogP contribution in [0.4, 0.5) is 18.9 Å². The first-order valence-electron chi connectivity index (χ1n) is 12.4. The Morgan fingerprint density at radius 3 is 2.56 bits per heavy atom. The highest BCUT2D eigenvalue weighted by Crippen LogP contribution is 2.33. The Kier molecular flexibility index (Phi) is 7.53. The van der Waals surface area contributed by atoms with Crippen LogP contribution < -0.4 is 15.2 Å². The summed E-state index contributed by atoms with van der Waals surface area (Å²) in [7, 11) is 3.15. The predicted octanol–water partition coefficient (Wildman–Crippen LogP) is 3.10. The maximum absolute atomic E-state index is 13.4. The van der Waals surface area contributed by atoms with Gasteiger partial charge in [0, 0.05) is 55.4 Å². The van der Waals surface area contributed by atoms with Crippen LogP contribution in [-0.2, 0) is 17.5 Å². The maximum atomic E-state index is 13.4. The molecule has 4 aromatic rings. The molecule has 5 rings (SSSR count). The van der Waals surface area contributed by atoms with Gasteiger partial charge in [-0.15, -0.1) is 5.10 Å². The third-order valence-electron chi connectivity index (χ3n) is 6.90. The van der Waals surface area contributed by atoms with Crippen molar-refractivity contribution in [1.29, 1.82) is 0 Å². The van der Waals surface area contributed by atoms with E-state index >= 15 is 0 Å². The number of fused-ring (bicyclic) bond motifs is 1. The molecule has 1 fully saturated rings. The number of hydrogen-bond donors (Lipinski definition) is 1. The van der Waals surface area contributed by atoms with E-state index < -0.39 is 17.8 Å². The van der Waals surface area contributed by atoms with E-state index in [-0.39, 0.29) is 5.56 Å². The zero-order valence-corrected chi connectivity index (χ0v) is 21.5. The van der Waals surface area contributed by atoms with Crippen molar-refractivity contribution in [1.82, 2.24) is 30.1 Å². The number of nitrogens with one attached hydrogen (secondary N) is 1. The third-order valence-corrected chi connectivity index (χ3v) is 6.90. The quantitative estimate of drug-likeness (QED) is 0.362. The molecule has 1 atom stereocenters. The van der Waals surface area contributed by atoms with Gasteiger partial charge < -0.3 is 19.4 Å². The molecule has 0 aliphatic carbocycles. The smallest absolute Gasteiger partial charge is 0.416 e. The van der Waals surface area contributed by atoms with Gasteiger partial charge in [-0.2, -0.15) is 13.2 Å². The number of tetrazole rings is 1. The summed E-state index contributed by atoms with van der Waals surface area (Å²) in [6.07, 6.45) is -4.41. The second-order valence-electron chi connectivity index (χ2n) is 9.23. The lowest BCUT2D eigenvalue weighted by Crippen LogP contribution is -2.49. The molecule has 206 valence electrons. The summed E-state index contributed by atoms with van der Waals surface area (Å²) in [5.41, 5.74) is 0.657. The largest absolute Gasteiger partial charge is 0.497 e. The van der Waals surface area contributed by atoms with E-state index in [0.717, 1.165) is 11.5 Å². The molecule has 1 saturated heterocycles. The van der Waals surface area contributed by atoms with Crippen molar-refractivity contribution in [3.05, 3.63) is 75.8 Å². The molecule has 2 aromatic heterocycles. The fraction of sp³-hybridized carbons (Fsp3) is 0.385. The van der Waals surface area contributed by atoms with E-state index in [1.807, 2.05) is 17.0 Å². The fourth-order valence-corrected chi connectivity index (χ4v) is 4.89. The number of anilines is 1. The summed E-state index contributed by atoms with van der Waals surface area (Å²) in [5, 5.41) is 13.0. The number of piperazine rings is 1. The van der Waals surface area contributed by atoms with Crippen LogP contribution >= 0.6 is 0 Å². The minimum Gasteiger partial charge on any atom is -0.497 e. The molecule has 1 aliphatic heterocycles. The highest BCUT2D eigenvalue weighted by molar-refractivity contribution is 5.80. The van der Waals surface area contributed by atoms with Crippen molar-refractivity contribution in [2.75, 3.05) is 51.9 Å². The summed E-state index contributed by atoms with van der Waals surface area (Å²) < 4.78 is 52.0. The van der Waals surface area contributed by atoms with Gasteiger partial charge in [0.05, 0.1) is 25.8 Å². The van der Waals surface area contributed by atoms with Crippen LogP contribution in [0.25, 0.3) is 10.9 Å². The van der Waals surface area contributed by atoms with Gasteiger partial charge >= 0.3 is 6.18 Å². The van der Waals surface area contributed by atoms with Gasteiger partial charge in [0.1, 0.15) is 11.8 Å². The minimum absolute atomic E-state index is 0.278. The summed E-state index contributed by atoms with van der Waals surface area (Å²) in [5.74, 6) is 1.13. The van der Waals surface area contributed by atoms with Crippen molar-refractivity contribution in [2.24, 2.45) is 0 Å². The predicted molar refractivity (Wildman–Crippen MR) is 138 cm³/mol. The van der Waals surface area contributed by atoms with Gasteiger partial charge in [-0.05, 0) is 52.9 Å². The fourth-order valence-electron chi connectivity index (χ4n) is 4.89. The first-order valence-corrected chi connectivity index (χ1v) is 12.4. The van der Waals surface area contributed by atoms with Gasteiger partial charge in [-0.3, -0.25) is 9.69 Å². The van der Waals surface area contributed by atoms with Crippen molar-refractivity contribution in [3.8, 4) is 5.75 Å². The lowest BCUT2D eigenvalue weighted by molar-refractivity contribution is -0.137. The number of ether oxygens (including phenoxy) is 2. The summed E-state index contributed by atoms with van der Waals surface area (Å²) in [6, 6.07) is 11.9. The van der Waals surface area contributed by atoms with Crippen LogP contribution in [0.2, 0.25) is 0 Å². The summed E-state index contributed by atoms with van der Waals surface area (Å²) >= 11 is 0. The van der Waals surface area contributed by atoms with Crippen molar-refractivity contribution in [3.63, 3.8) is 0 Å². The molecular formula is C26H28F3N7O3. The zero-order valence-electron chi connectivity index (χ0n) is 21.5. The average molecular weight is 544 g/mol. The van der Waals surface area contributed by atoms with Gasteiger partial charge in [0.15, 0.2) is 5.82 Å². The maximum Gasteiger partial charge on any atom is 0.416 e. The normalized spacial score (nSPS) is 15.6. The number of aromatic amines is 1. The number of halogens is 3. The van der Waals surface area contributed by atoms with Crippen molar-refractivity contribution in [2.45, 2.75) is 18.8 Å². The number of pyridine rings is 1. The van der Waals surface area contributed by atoms with E-state index in [1.165, 1.54) is 12.1 Å². The molecule has 0 radical (unpaired) electrons. The highest BCUT2D eigenvalue weighted by Gasteiger charge is 2.34. The first-order chi connectivity index (χ1) is 18.8. The molecule has 3 heterocycles. The summed E-state index contributed by atoms with van der Waals surface area (Å²) in [6.45, 7) is 2.60. The highest BCUT2D eigenvalue weighted by atomic mass is 19.4. The number of alkyl halides is 3. The Hall–Kier alpha value is -3.97. The minimum atomic E-state index is -4.41. The van der Waals surface area contributed by atoms with Gasteiger partial charge in [-0.1, -0.05) is 6.07 Å². The molecule has 0 bridgehead atoms. The van der Waals surface area contributed by atoms with Gasteiger partial charge in [-0.25, -0.2) is 4.68 Å². The number of nitrogens with zero attached hydrogens (tertiary/aromatic N) is 6. The van der Waals surface area contributed by atoms with Crippen LogP contribution in [0, 0.1) is 0 Å². The Balaban J connectivity index is 1.49. The molecule has 10 nitrogen and oxygen atoms in total. The van der Waals surface area contributed by atoms with E-state index in [9.17, 15) is 18.0 Å². The van der Waals surface area contributed by atoms with E-state index in [0.29, 0.717) is 67.7 Å². The molecule has 2 aromatic carbocycles. The number of H-pyrrole nitrogens is 1. The van der Waals surface area contributed by atoms with E-state index in [2.05, 4.69) is 25.4 Å². The van der Waals surface area contributed by atoms with Gasteiger partial charge in [0.25, 0.3) is 5.56 Å². The lowest BCUT2D eigenvalue weighted by Gasteiger charge is -2.39. The number of methoxy groups -OCH3 is 2. The first kappa shape index (κ1) is 26.6. The number of hydrogen-bond acceptors (Lipinski definition) is 8. The molecule has 39 heavy (non-hydrogen) atoms. The molecular weight excluding hydrogens is 515 g/mol. The Labute approximate surface area is 221 Å². The standard InChI is InChI=1S/C26H28F3N7O3/c1-38-13-12-36-24(31-32-33-36)23(21-15-17-14-20(39-2)6-7-22(17)30-25(21)37)35-10-8-34(9-11-35)19-5-3-4-18(16-19)26(27,28)29/h3-7,14-16,23H,8-13H2,1-2H3,(H,30,37)/t23-/m1/s1. The molecule has 0 amide bonds. The average Bonchev–Trinajstić information content (AvgIpc) is 3.40. The summed E-state index contributed by atoms with van der Waals surface area (Å²) in [4.78, 5) is 20.3. The Bertz CT molecular complexity index is 1500. The molecule has 1 aliphatic rings. The zero-order chi connectivity index (χ0) is 27.6. The number of rotatable bonds is 8. The van der Waals surface area contributed by atoms with Crippen LogP contribution in [0.3, 0.4) is 0 Å². The van der Waals surface area contributed by atoms with Crippen LogP contribution in [0.15, 0.2) is 53.3 Å². The second-order valence-corrected chi connectivity index (χ2v) is 9.23. The molecule has 1 N–H and O–H groups in total. The lowest BCUT2D eigenvalue weighted by atomic mass is 10.0. The monoisotopic (exact) mass is 543 g/mol. The molecule has 13 heteroatoms. The SMILES string of the molecule is COCCn1nnnc1[C@@H](c1cc2cc(OC)ccc2[nH]c1=O)N1CCN(c2cccc(C(F)(F)F)c2)CC1. The van der Waals surface area contributed by atoms with Crippen molar-refractivity contribution >= 4 is 16.6 Å². The number of aromatic nitrogens is 5. The Morgan fingerprint density at radius 2 is 1.85 bits per heavy atom. The van der Waals surface area contributed by atoms with Crippen LogP contribution in [0.5, 0.6) is 5.75 Å². The molecule has 0 spiro atoms. The van der Waals surface area contributed by atoms with Crippen LogP contribution in [0.1, 0.15) is 23.0 Å². The molecule has 0 saturated carbocycles. The molecule has 0 unspecified atom stereocenters. The Morgan fingerprint density at radius 1 is 1.05 bits per heavy atom. The van der Waals surface area contributed by atoms with Crippen LogP contribution in [-0.4, -0.2) is 77.1 Å². The number of benzene rings is 2. The topological polar surface area (TPSA) is 101 Å².